The Labute approximate surface area is 324 Å². The first-order chi connectivity index (χ1) is 25.4. The van der Waals surface area contributed by atoms with E-state index in [0.717, 1.165) is 77.8 Å². The van der Waals surface area contributed by atoms with Gasteiger partial charge >= 0.3 is 25.7 Å². The maximum atomic E-state index is 7.83. The second kappa shape index (κ2) is 13.0. The average Bonchev–Trinajstić information content (AvgIpc) is 3.53. The molecule has 0 aromatic heterocycles. The van der Waals surface area contributed by atoms with Gasteiger partial charge in [0, 0.05) is 13.5 Å². The van der Waals surface area contributed by atoms with Crippen molar-refractivity contribution in [2.75, 3.05) is 7.11 Å². The molecule has 12 heteroatoms. The van der Waals surface area contributed by atoms with Gasteiger partial charge in [-0.05, 0) is 187 Å². The molecular weight excluding hydrogens is 733 g/mol. The zero-order valence-corrected chi connectivity index (χ0v) is 37.8. The highest BCUT2D eigenvalue weighted by Crippen LogP contribution is 2.65. The van der Waals surface area contributed by atoms with Crippen LogP contribution in [0.4, 0.5) is 0 Å². The number of hydrogen-bond donors (Lipinski definition) is 0. The van der Waals surface area contributed by atoms with Crippen LogP contribution in [-0.2, 0) is 35.7 Å². The van der Waals surface area contributed by atoms with E-state index in [0.29, 0.717) is 48.6 Å². The normalized spacial score (nSPS) is 53.7. The lowest BCUT2D eigenvalue weighted by Gasteiger charge is -2.46. The third-order valence-corrected chi connectivity index (χ3v) is 34.2. The quantitative estimate of drug-likeness (QED) is 0.0960. The highest BCUT2D eigenvalue weighted by molar-refractivity contribution is 6.87. The lowest BCUT2D eigenvalue weighted by molar-refractivity contribution is -0.192. The predicted molar refractivity (Wildman–Crippen MR) is 212 cm³/mol. The molecule has 12 rings (SSSR count). The number of ether oxygens (including phenoxy) is 4. The van der Waals surface area contributed by atoms with E-state index in [9.17, 15) is 0 Å². The van der Waals surface area contributed by atoms with Crippen LogP contribution in [0.3, 0.4) is 0 Å². The summed E-state index contributed by atoms with van der Waals surface area (Å²) in [6.45, 7) is 12.0. The highest BCUT2D eigenvalue weighted by atomic mass is 28.5. The van der Waals surface area contributed by atoms with Gasteiger partial charge in [-0.3, -0.25) is 0 Å². The Morgan fingerprint density at radius 2 is 1.21 bits per heavy atom. The van der Waals surface area contributed by atoms with Gasteiger partial charge in [0.25, 0.3) is 0 Å². The maximum absolute atomic E-state index is 7.83. The van der Waals surface area contributed by atoms with E-state index < -0.39 is 34.7 Å². The van der Waals surface area contributed by atoms with Crippen molar-refractivity contribution in [2.45, 2.75) is 189 Å². The molecule has 0 aromatic carbocycles. The van der Waals surface area contributed by atoms with Crippen LogP contribution >= 0.6 is 0 Å². The summed E-state index contributed by atoms with van der Waals surface area (Å²) in [5.74, 6) is 7.75. The van der Waals surface area contributed by atoms with Gasteiger partial charge in [-0.1, -0.05) is 6.42 Å². The van der Waals surface area contributed by atoms with E-state index in [4.69, 9.17) is 35.7 Å². The topological polar surface area (TPSA) is 80.4 Å². The van der Waals surface area contributed by atoms with E-state index in [1.807, 2.05) is 7.11 Å². The molecule has 0 N–H and O–H groups in total. The summed E-state index contributed by atoms with van der Waals surface area (Å²) < 4.78 is 54.4. The summed E-state index contributed by atoms with van der Waals surface area (Å²) in [5.41, 5.74) is 0.277. The van der Waals surface area contributed by atoms with Gasteiger partial charge in [0.1, 0.15) is 0 Å². The fourth-order valence-corrected chi connectivity index (χ4v) is 34.0. The molecule has 7 aliphatic carbocycles. The zero-order chi connectivity index (χ0) is 36.1. The summed E-state index contributed by atoms with van der Waals surface area (Å²) in [6, 6.07) is 4.45. The van der Waals surface area contributed by atoms with Crippen LogP contribution < -0.4 is 0 Å². The van der Waals surface area contributed by atoms with Crippen molar-refractivity contribution in [2.24, 2.45) is 59.2 Å². The van der Waals surface area contributed by atoms with Crippen molar-refractivity contribution in [3.8, 4) is 0 Å². The van der Waals surface area contributed by atoms with Crippen molar-refractivity contribution in [3.63, 3.8) is 0 Å². The molecule has 5 aliphatic heterocycles. The van der Waals surface area contributed by atoms with Crippen LogP contribution in [0.5, 0.6) is 0 Å². The first-order valence-corrected chi connectivity index (χ1v) is 32.7. The van der Waals surface area contributed by atoms with Crippen molar-refractivity contribution in [1.82, 2.24) is 0 Å². The third kappa shape index (κ3) is 6.52. The van der Waals surface area contributed by atoms with Crippen molar-refractivity contribution < 1.29 is 35.7 Å². The second-order valence-corrected chi connectivity index (χ2v) is 35.1. The van der Waals surface area contributed by atoms with E-state index >= 15 is 0 Å². The molecule has 7 saturated carbocycles. The lowest BCUT2D eigenvalue weighted by Crippen LogP contribution is -2.59. The molecule has 5 heterocycles. The maximum Gasteiger partial charge on any atom is 0.325 e. The van der Waals surface area contributed by atoms with Gasteiger partial charge in [0.15, 0.2) is 9.04 Å². The van der Waals surface area contributed by atoms with Crippen LogP contribution in [0, 0.1) is 59.2 Å². The Morgan fingerprint density at radius 3 is 1.74 bits per heavy atom. The molecule has 0 amide bonds. The molecule has 8 nitrogen and oxygen atoms in total. The lowest BCUT2D eigenvalue weighted by atomic mass is 9.79. The van der Waals surface area contributed by atoms with Crippen LogP contribution in [0.1, 0.15) is 90.4 Å². The molecule has 12 aliphatic rings. The Bertz CT molecular complexity index is 1420. The van der Waals surface area contributed by atoms with Crippen LogP contribution in [-0.4, -0.2) is 90.2 Å². The summed E-state index contributed by atoms with van der Waals surface area (Å²) in [7, 11) is -7.31. The van der Waals surface area contributed by atoms with Gasteiger partial charge in [0.2, 0.25) is 0 Å². The molecule has 53 heavy (non-hydrogen) atoms. The molecule has 22 atom stereocenters. The fraction of sp³-hybridized carbons (Fsp3) is 1.00. The number of epoxide rings is 2. The minimum Gasteiger partial charge on any atom is -0.439 e. The molecule has 298 valence electrons. The van der Waals surface area contributed by atoms with Crippen molar-refractivity contribution in [3.05, 3.63) is 0 Å². The minimum atomic E-state index is -2.71. The zero-order valence-electron chi connectivity index (χ0n) is 33.7. The molecule has 0 aromatic rings. The largest absolute Gasteiger partial charge is 0.439 e. The molecule has 12 fully saturated rings. The van der Waals surface area contributed by atoms with Gasteiger partial charge in [-0.25, -0.2) is 0 Å². The van der Waals surface area contributed by atoms with Crippen molar-refractivity contribution >= 4 is 34.7 Å². The van der Waals surface area contributed by atoms with Gasteiger partial charge in [0.05, 0.1) is 48.3 Å². The molecule has 9 bridgehead atoms. The standard InChI is InChI=1S/C41H70O8Si4/c1-24-29-17-27(35(20-29)43-24)10-14-53(6,48-51(4,42-2)12-8-25-15-30-18-32(25)39-37(30)44-39)49-52(5,13-9-26-16-31-19-33(26)40-38(31)45-40)47-50(3)11-7-28-21-41-22-34(28)36(23-41)46-41/h24-40,50H,7-23H2,1-6H3. The Kier molecular flexibility index (Phi) is 9.00. The number of hydrogen-bond acceptors (Lipinski definition) is 8. The Balaban J connectivity index is 0.801. The van der Waals surface area contributed by atoms with Gasteiger partial charge in [-0.2, -0.15) is 0 Å². The van der Waals surface area contributed by atoms with E-state index in [1.54, 1.807) is 0 Å². The summed E-state index contributed by atoms with van der Waals surface area (Å²) >= 11 is 0. The Hall–Kier alpha value is 0.548. The van der Waals surface area contributed by atoms with Crippen LogP contribution in [0.15, 0.2) is 0 Å². The van der Waals surface area contributed by atoms with Crippen LogP contribution in [0.25, 0.3) is 0 Å². The molecule has 5 saturated heterocycles. The van der Waals surface area contributed by atoms with E-state index in [2.05, 4.69) is 33.1 Å². The van der Waals surface area contributed by atoms with E-state index in [1.165, 1.54) is 83.1 Å². The molecule has 22 unspecified atom stereocenters. The number of rotatable bonds is 19. The fourth-order valence-electron chi connectivity index (χ4n) is 15.4. The molecule has 0 radical (unpaired) electrons. The SMILES string of the molecule is CO[Si](C)(CCC1CC2CC1C1OC21)O[Si](C)(CCC1CC2CC1OC2C)O[Si](C)(CCC1CC2CC1C1OC21)O[SiH](C)CCC1CC23CC(O2)C1C3. The van der Waals surface area contributed by atoms with Crippen LogP contribution in [0.2, 0.25) is 50.4 Å². The second-order valence-electron chi connectivity index (χ2n) is 21.6. The first-order valence-electron chi connectivity index (χ1n) is 22.7. The minimum absolute atomic E-state index is 0.277. The summed E-state index contributed by atoms with van der Waals surface area (Å²) in [6.07, 6.45) is 20.7. The monoisotopic (exact) mass is 802 g/mol. The molecular formula is C41H70O8Si4. The average molecular weight is 803 g/mol. The summed E-state index contributed by atoms with van der Waals surface area (Å²) in [5, 5.41) is 0. The Morgan fingerprint density at radius 1 is 0.604 bits per heavy atom. The number of fused-ring (bicyclic) bond motifs is 12. The van der Waals surface area contributed by atoms with E-state index in [-0.39, 0.29) is 5.60 Å². The van der Waals surface area contributed by atoms with Gasteiger partial charge < -0.3 is 35.7 Å². The van der Waals surface area contributed by atoms with Gasteiger partial charge in [-0.15, -0.1) is 0 Å². The third-order valence-electron chi connectivity index (χ3n) is 18.1. The summed E-state index contributed by atoms with van der Waals surface area (Å²) in [4.78, 5) is 0. The first kappa shape index (κ1) is 36.6. The predicted octanol–water partition coefficient (Wildman–Crippen LogP) is 8.04. The highest BCUT2D eigenvalue weighted by Gasteiger charge is 2.66. The van der Waals surface area contributed by atoms with Crippen molar-refractivity contribution in [1.29, 1.82) is 0 Å². The molecule has 1 spiro atoms. The smallest absolute Gasteiger partial charge is 0.325 e.